The van der Waals surface area contributed by atoms with E-state index in [2.05, 4.69) is 21.5 Å². The molecular formula is C27H23FN4O3. The Labute approximate surface area is 201 Å². The molecule has 3 aromatic carbocycles. The number of methoxy groups -OCH3 is 2. The summed E-state index contributed by atoms with van der Waals surface area (Å²) in [6.45, 7) is 2.03. The maximum Gasteiger partial charge on any atom is 0.226 e. The number of hydrogen-bond acceptors (Lipinski definition) is 6. The molecule has 4 aromatic rings. The summed E-state index contributed by atoms with van der Waals surface area (Å²) in [6.07, 6.45) is 0.880. The van der Waals surface area contributed by atoms with Gasteiger partial charge < -0.3 is 19.5 Å². The van der Waals surface area contributed by atoms with E-state index in [4.69, 9.17) is 14.2 Å². The molecule has 35 heavy (non-hydrogen) atoms. The van der Waals surface area contributed by atoms with Crippen molar-refractivity contribution in [2.75, 3.05) is 19.5 Å². The minimum atomic E-state index is -0.588. The highest BCUT2D eigenvalue weighted by Crippen LogP contribution is 2.52. The van der Waals surface area contributed by atoms with Crippen molar-refractivity contribution < 1.29 is 18.6 Å². The molecular weight excluding hydrogens is 447 g/mol. The van der Waals surface area contributed by atoms with Crippen molar-refractivity contribution in [3.8, 4) is 17.2 Å². The fourth-order valence-electron chi connectivity index (χ4n) is 4.87. The van der Waals surface area contributed by atoms with Gasteiger partial charge >= 0.3 is 0 Å². The molecule has 1 N–H and O–H groups in total. The van der Waals surface area contributed by atoms with Crippen LogP contribution in [0.4, 0.5) is 10.3 Å². The molecule has 0 unspecified atom stereocenters. The van der Waals surface area contributed by atoms with Crippen LogP contribution in [0.3, 0.4) is 0 Å². The van der Waals surface area contributed by atoms with E-state index in [1.807, 2.05) is 43.3 Å². The van der Waals surface area contributed by atoms with Gasteiger partial charge in [0, 0.05) is 28.3 Å². The largest absolute Gasteiger partial charge is 0.497 e. The maximum atomic E-state index is 15.3. The molecule has 8 heteroatoms. The van der Waals surface area contributed by atoms with Crippen LogP contribution in [0.15, 0.2) is 72.6 Å². The predicted molar refractivity (Wildman–Crippen MR) is 129 cm³/mol. The molecule has 0 amide bonds. The Hall–Kier alpha value is -4.33. The lowest BCUT2D eigenvalue weighted by Crippen LogP contribution is -2.33. The lowest BCUT2D eigenvalue weighted by molar-refractivity contribution is 0.217. The lowest BCUT2D eigenvalue weighted by atomic mass is 9.84. The first-order valence-electron chi connectivity index (χ1n) is 11.2. The van der Waals surface area contributed by atoms with Crippen LogP contribution in [0.25, 0.3) is 5.70 Å². The smallest absolute Gasteiger partial charge is 0.226 e. The minimum Gasteiger partial charge on any atom is -0.497 e. The van der Waals surface area contributed by atoms with Gasteiger partial charge in [-0.3, -0.25) is 0 Å². The van der Waals surface area contributed by atoms with E-state index in [9.17, 15) is 0 Å². The molecule has 0 bridgehead atoms. The zero-order valence-electron chi connectivity index (χ0n) is 19.4. The molecule has 0 fully saturated rings. The number of rotatable bonds is 4. The number of anilines is 1. The van der Waals surface area contributed by atoms with Gasteiger partial charge in [0.25, 0.3) is 0 Å². The summed E-state index contributed by atoms with van der Waals surface area (Å²) in [5.41, 5.74) is 4.88. The molecule has 2 aliphatic rings. The summed E-state index contributed by atoms with van der Waals surface area (Å²) in [6, 6.07) is 17.8. The highest BCUT2D eigenvalue weighted by atomic mass is 19.1. The van der Waals surface area contributed by atoms with E-state index < -0.39 is 12.1 Å². The Bertz CT molecular complexity index is 1480. The van der Waals surface area contributed by atoms with Crippen LogP contribution < -0.4 is 19.5 Å². The molecule has 1 aromatic heterocycles. The van der Waals surface area contributed by atoms with Crippen LogP contribution in [-0.4, -0.2) is 29.0 Å². The van der Waals surface area contributed by atoms with Crippen molar-refractivity contribution in [1.29, 1.82) is 0 Å². The average Bonchev–Trinajstić information content (AvgIpc) is 3.36. The first kappa shape index (κ1) is 21.2. The summed E-state index contributed by atoms with van der Waals surface area (Å²) in [4.78, 5) is 4.40. The van der Waals surface area contributed by atoms with Crippen LogP contribution in [0.2, 0.25) is 0 Å². The van der Waals surface area contributed by atoms with Gasteiger partial charge in [0.05, 0.1) is 19.9 Å². The number of hydrogen-bond donors (Lipinski definition) is 1. The minimum absolute atomic E-state index is 0.330. The van der Waals surface area contributed by atoms with Crippen molar-refractivity contribution in [3.05, 3.63) is 101 Å². The third-order valence-corrected chi connectivity index (χ3v) is 6.49. The number of nitrogens with zero attached hydrogens (tertiary/aromatic N) is 3. The number of fused-ring (bicyclic) bond motifs is 3. The normalized spacial score (nSPS) is 18.1. The molecule has 0 radical (unpaired) electrons. The van der Waals surface area contributed by atoms with Gasteiger partial charge in [-0.2, -0.15) is 10.1 Å². The second kappa shape index (κ2) is 8.16. The number of aromatic nitrogens is 3. The van der Waals surface area contributed by atoms with E-state index in [0.717, 1.165) is 28.0 Å². The monoisotopic (exact) mass is 470 g/mol. The van der Waals surface area contributed by atoms with Crippen LogP contribution in [-0.2, 0) is 0 Å². The maximum absolute atomic E-state index is 15.3. The molecule has 0 saturated carbocycles. The van der Waals surface area contributed by atoms with Gasteiger partial charge in [0.2, 0.25) is 5.95 Å². The van der Waals surface area contributed by atoms with Crippen molar-refractivity contribution >= 4 is 11.6 Å². The molecule has 0 spiro atoms. The summed E-state index contributed by atoms with van der Waals surface area (Å²) >= 11 is 0. The number of ether oxygens (including phenoxy) is 3. The topological polar surface area (TPSA) is 70.4 Å². The van der Waals surface area contributed by atoms with Crippen LogP contribution >= 0.6 is 0 Å². The Morgan fingerprint density at radius 1 is 1.00 bits per heavy atom. The molecule has 2 atom stereocenters. The molecule has 0 saturated heterocycles. The molecule has 7 nitrogen and oxygen atoms in total. The molecule has 3 heterocycles. The average molecular weight is 471 g/mol. The Kier molecular flexibility index (Phi) is 4.95. The standard InChI is InChI=1S/C27H23FN4O3/c1-15-8-11-21-19(12-15)24-23(26(35-21)18-10-9-16(33-2)13-22(18)34-3)25(17-6-4-5-7-20(17)28)32-27(31-24)29-14-30-32/h4-14,25-26H,1-3H3,(H,29,30,31)/t25-,26-/m0/s1. The fraction of sp³-hybridized carbons (Fsp3) is 0.185. The Morgan fingerprint density at radius 3 is 2.66 bits per heavy atom. The summed E-state index contributed by atoms with van der Waals surface area (Å²) in [5.74, 6) is 2.19. The van der Waals surface area contributed by atoms with Gasteiger partial charge in [-0.1, -0.05) is 29.8 Å². The van der Waals surface area contributed by atoms with Gasteiger partial charge in [-0.05, 0) is 37.3 Å². The number of nitrogens with one attached hydrogen (secondary N) is 1. The quantitative estimate of drug-likeness (QED) is 0.436. The van der Waals surface area contributed by atoms with Crippen LogP contribution in [0.5, 0.6) is 17.2 Å². The highest BCUT2D eigenvalue weighted by Gasteiger charge is 2.42. The van der Waals surface area contributed by atoms with E-state index in [-0.39, 0.29) is 5.82 Å². The van der Waals surface area contributed by atoms with Crippen molar-refractivity contribution in [2.24, 2.45) is 0 Å². The summed E-state index contributed by atoms with van der Waals surface area (Å²) in [7, 11) is 3.22. The SMILES string of the molecule is COc1ccc([C@@H]2Oc3ccc(C)cc3C3=C2[C@H](c2ccccc2F)n2ncnc2N3)c(OC)c1. The summed E-state index contributed by atoms with van der Waals surface area (Å²) < 4.78 is 34.8. The van der Waals surface area contributed by atoms with Crippen molar-refractivity contribution in [1.82, 2.24) is 14.8 Å². The number of aryl methyl sites for hydroxylation is 1. The third-order valence-electron chi connectivity index (χ3n) is 6.49. The van der Waals surface area contributed by atoms with Crippen LogP contribution in [0.1, 0.15) is 34.4 Å². The van der Waals surface area contributed by atoms with E-state index in [0.29, 0.717) is 28.8 Å². The third kappa shape index (κ3) is 3.32. The van der Waals surface area contributed by atoms with Crippen molar-refractivity contribution in [3.63, 3.8) is 0 Å². The second-order valence-electron chi connectivity index (χ2n) is 8.51. The first-order chi connectivity index (χ1) is 17.1. The van der Waals surface area contributed by atoms with Gasteiger partial charge in [0.1, 0.15) is 35.4 Å². The number of halogens is 1. The Balaban J connectivity index is 1.65. The van der Waals surface area contributed by atoms with E-state index in [1.54, 1.807) is 31.0 Å². The molecule has 0 aliphatic carbocycles. The van der Waals surface area contributed by atoms with Gasteiger partial charge in [0.15, 0.2) is 6.10 Å². The fourth-order valence-corrected chi connectivity index (χ4v) is 4.87. The summed E-state index contributed by atoms with van der Waals surface area (Å²) in [5, 5.41) is 7.90. The van der Waals surface area contributed by atoms with Crippen LogP contribution in [0, 0.1) is 12.7 Å². The van der Waals surface area contributed by atoms with Crippen molar-refractivity contribution in [2.45, 2.75) is 19.1 Å². The zero-order valence-corrected chi connectivity index (χ0v) is 19.4. The van der Waals surface area contributed by atoms with E-state index in [1.165, 1.54) is 12.4 Å². The second-order valence-corrected chi connectivity index (χ2v) is 8.51. The molecule has 6 rings (SSSR count). The molecule has 176 valence electrons. The van der Waals surface area contributed by atoms with Gasteiger partial charge in [-0.15, -0.1) is 0 Å². The predicted octanol–water partition coefficient (Wildman–Crippen LogP) is 5.30. The molecule has 2 aliphatic heterocycles. The lowest BCUT2D eigenvalue weighted by Gasteiger charge is -2.39. The van der Waals surface area contributed by atoms with E-state index >= 15 is 4.39 Å². The first-order valence-corrected chi connectivity index (χ1v) is 11.2. The van der Waals surface area contributed by atoms with Gasteiger partial charge in [-0.25, -0.2) is 9.07 Å². The zero-order chi connectivity index (χ0) is 24.1. The number of benzene rings is 3. The highest BCUT2D eigenvalue weighted by molar-refractivity contribution is 5.85. The Morgan fingerprint density at radius 2 is 1.86 bits per heavy atom.